The van der Waals surface area contributed by atoms with Gasteiger partial charge in [0.05, 0.1) is 6.04 Å². The summed E-state index contributed by atoms with van der Waals surface area (Å²) >= 11 is 0. The zero-order chi connectivity index (χ0) is 17.7. The number of carbonyl (C=O) groups excluding carboxylic acids is 1. The largest absolute Gasteiger partial charge is 0.368 e. The molecule has 5 nitrogen and oxygen atoms in total. The summed E-state index contributed by atoms with van der Waals surface area (Å²) in [5, 5.41) is 6.00. The van der Waals surface area contributed by atoms with E-state index in [1.54, 1.807) is 19.0 Å². The summed E-state index contributed by atoms with van der Waals surface area (Å²) in [6.07, 6.45) is 1.13. The van der Waals surface area contributed by atoms with Crippen molar-refractivity contribution in [3.63, 3.8) is 0 Å². The molecule has 1 aromatic rings. The fraction of sp³-hybridized carbons (Fsp3) is 0.588. The summed E-state index contributed by atoms with van der Waals surface area (Å²) in [7, 11) is 4.96. The van der Waals surface area contributed by atoms with E-state index in [4.69, 9.17) is 4.74 Å². The third-order valence-electron chi connectivity index (χ3n) is 4.63. The first kappa shape index (κ1) is 18.8. The van der Waals surface area contributed by atoms with Gasteiger partial charge in [-0.25, -0.2) is 8.78 Å². The van der Waals surface area contributed by atoms with Gasteiger partial charge in [-0.05, 0) is 52.2 Å². The van der Waals surface area contributed by atoms with E-state index in [0.29, 0.717) is 25.9 Å². The molecule has 24 heavy (non-hydrogen) atoms. The predicted molar refractivity (Wildman–Crippen MR) is 87.6 cm³/mol. The van der Waals surface area contributed by atoms with Crippen LogP contribution in [-0.2, 0) is 9.53 Å². The molecule has 0 aromatic heterocycles. The maximum Gasteiger partial charge on any atom is 0.252 e. The molecular weight excluding hydrogens is 316 g/mol. The van der Waals surface area contributed by atoms with Gasteiger partial charge in [-0.1, -0.05) is 6.07 Å². The molecule has 0 aliphatic carbocycles. The van der Waals surface area contributed by atoms with Gasteiger partial charge < -0.3 is 20.3 Å². The molecular formula is C17H25F2N3O2. The lowest BCUT2D eigenvalue weighted by molar-refractivity contribution is -0.146. The summed E-state index contributed by atoms with van der Waals surface area (Å²) in [6.45, 7) is 1.49. The van der Waals surface area contributed by atoms with Crippen LogP contribution in [0.15, 0.2) is 18.2 Å². The monoisotopic (exact) mass is 341 g/mol. The second-order valence-electron chi connectivity index (χ2n) is 6.27. The minimum Gasteiger partial charge on any atom is -0.368 e. The molecule has 1 atom stereocenters. The number of carbonyl (C=O) groups is 1. The number of nitrogens with zero attached hydrogens (tertiary/aromatic N) is 1. The summed E-state index contributed by atoms with van der Waals surface area (Å²) in [6, 6.07) is 3.17. The van der Waals surface area contributed by atoms with E-state index in [-0.39, 0.29) is 18.0 Å². The van der Waals surface area contributed by atoms with Crippen molar-refractivity contribution < 1.29 is 18.3 Å². The molecule has 0 spiro atoms. The van der Waals surface area contributed by atoms with Gasteiger partial charge in [-0.2, -0.15) is 0 Å². The van der Waals surface area contributed by atoms with Crippen LogP contribution in [0.3, 0.4) is 0 Å². The summed E-state index contributed by atoms with van der Waals surface area (Å²) in [5.41, 5.74) is -0.921. The molecule has 0 bridgehead atoms. The zero-order valence-electron chi connectivity index (χ0n) is 14.4. The van der Waals surface area contributed by atoms with Crippen molar-refractivity contribution in [2.75, 3.05) is 40.8 Å². The number of halogens is 2. The smallest absolute Gasteiger partial charge is 0.252 e. The lowest BCUT2D eigenvalue weighted by atomic mass is 9.91. The van der Waals surface area contributed by atoms with Gasteiger partial charge in [-0.3, -0.25) is 4.79 Å². The third kappa shape index (κ3) is 3.91. The lowest BCUT2D eigenvalue weighted by Crippen LogP contribution is -2.55. The molecule has 1 aliphatic heterocycles. The maximum atomic E-state index is 14.1. The number of methoxy groups -OCH3 is 1. The van der Waals surface area contributed by atoms with Gasteiger partial charge in [0.15, 0.2) is 0 Å². The molecule has 2 N–H and O–H groups in total. The van der Waals surface area contributed by atoms with Gasteiger partial charge in [0.2, 0.25) is 0 Å². The van der Waals surface area contributed by atoms with E-state index in [0.717, 1.165) is 0 Å². The molecule has 2 rings (SSSR count). The SMILES string of the molecule is COC1(C(=O)NCC(c2c(F)cccc2F)N(C)C)CCNCC1. The van der Waals surface area contributed by atoms with Gasteiger partial charge >= 0.3 is 0 Å². The van der Waals surface area contributed by atoms with Crippen molar-refractivity contribution in [1.29, 1.82) is 0 Å². The van der Waals surface area contributed by atoms with E-state index in [2.05, 4.69) is 10.6 Å². The Morgan fingerprint density at radius 2 is 1.92 bits per heavy atom. The van der Waals surface area contributed by atoms with Crippen LogP contribution < -0.4 is 10.6 Å². The lowest BCUT2D eigenvalue weighted by Gasteiger charge is -2.35. The van der Waals surface area contributed by atoms with E-state index in [1.807, 2.05) is 0 Å². The normalized spacial score (nSPS) is 18.4. The Kier molecular flexibility index (Phi) is 6.26. The first-order valence-corrected chi connectivity index (χ1v) is 8.06. The molecule has 1 heterocycles. The number of piperidine rings is 1. The molecule has 1 aromatic carbocycles. The Balaban J connectivity index is 2.13. The van der Waals surface area contributed by atoms with Crippen LogP contribution in [0.1, 0.15) is 24.4 Å². The Hall–Kier alpha value is -1.57. The third-order valence-corrected chi connectivity index (χ3v) is 4.63. The number of ether oxygens (including phenoxy) is 1. The minimum atomic E-state index is -0.879. The number of hydrogen-bond donors (Lipinski definition) is 2. The molecule has 0 saturated carbocycles. The van der Waals surface area contributed by atoms with E-state index < -0.39 is 23.3 Å². The van der Waals surface area contributed by atoms with E-state index in [9.17, 15) is 13.6 Å². The Morgan fingerprint density at radius 1 is 1.33 bits per heavy atom. The van der Waals surface area contributed by atoms with Crippen LogP contribution >= 0.6 is 0 Å². The fourth-order valence-corrected chi connectivity index (χ4v) is 3.08. The number of rotatable bonds is 6. The van der Waals surface area contributed by atoms with E-state index in [1.165, 1.54) is 25.3 Å². The van der Waals surface area contributed by atoms with Gasteiger partial charge in [0.1, 0.15) is 17.2 Å². The van der Waals surface area contributed by atoms with Crippen molar-refractivity contribution in [3.05, 3.63) is 35.4 Å². The standard InChI is InChI=1S/C17H25F2N3O2/c1-22(2)14(15-12(18)5-4-6-13(15)19)11-21-16(23)17(24-3)7-9-20-10-8-17/h4-6,14,20H,7-11H2,1-3H3,(H,21,23). The van der Waals surface area contributed by atoms with Crippen molar-refractivity contribution >= 4 is 5.91 Å². The molecule has 1 unspecified atom stereocenters. The second-order valence-corrected chi connectivity index (χ2v) is 6.27. The highest BCUT2D eigenvalue weighted by atomic mass is 19.1. The summed E-state index contributed by atoms with van der Waals surface area (Å²) in [5.74, 6) is -1.48. The summed E-state index contributed by atoms with van der Waals surface area (Å²) < 4.78 is 33.6. The molecule has 1 aliphatic rings. The van der Waals surface area contributed by atoms with Crippen molar-refractivity contribution in [3.8, 4) is 0 Å². The topological polar surface area (TPSA) is 53.6 Å². The van der Waals surface area contributed by atoms with E-state index >= 15 is 0 Å². The van der Waals surface area contributed by atoms with Crippen LogP contribution in [0.2, 0.25) is 0 Å². The number of hydrogen-bond acceptors (Lipinski definition) is 4. The maximum absolute atomic E-state index is 14.1. The minimum absolute atomic E-state index is 0.0421. The number of nitrogens with one attached hydrogen (secondary N) is 2. The predicted octanol–water partition coefficient (Wildman–Crippen LogP) is 1.45. The summed E-state index contributed by atoms with van der Waals surface area (Å²) in [4.78, 5) is 14.3. The average Bonchev–Trinajstić information content (AvgIpc) is 2.57. The number of benzene rings is 1. The first-order valence-electron chi connectivity index (χ1n) is 8.06. The van der Waals surface area contributed by atoms with Crippen molar-refractivity contribution in [2.24, 2.45) is 0 Å². The molecule has 1 amide bonds. The molecule has 0 radical (unpaired) electrons. The van der Waals surface area contributed by atoms with Gasteiger partial charge in [0, 0.05) is 19.2 Å². The van der Waals surface area contributed by atoms with Crippen LogP contribution in [0.5, 0.6) is 0 Å². The number of likely N-dealkylation sites (N-methyl/N-ethyl adjacent to an activating group) is 1. The van der Waals surface area contributed by atoms with Gasteiger partial charge in [0.25, 0.3) is 5.91 Å². The molecule has 1 saturated heterocycles. The highest BCUT2D eigenvalue weighted by Gasteiger charge is 2.40. The van der Waals surface area contributed by atoms with Crippen LogP contribution in [0.25, 0.3) is 0 Å². The van der Waals surface area contributed by atoms with Crippen LogP contribution in [-0.4, -0.2) is 57.2 Å². The molecule has 134 valence electrons. The Labute approximate surface area is 141 Å². The van der Waals surface area contributed by atoms with Crippen LogP contribution in [0, 0.1) is 11.6 Å². The average molecular weight is 341 g/mol. The molecule has 1 fully saturated rings. The zero-order valence-corrected chi connectivity index (χ0v) is 14.4. The fourth-order valence-electron chi connectivity index (χ4n) is 3.08. The first-order chi connectivity index (χ1) is 11.4. The Bertz CT molecular complexity index is 555. The van der Waals surface area contributed by atoms with Crippen molar-refractivity contribution in [1.82, 2.24) is 15.5 Å². The highest BCUT2D eigenvalue weighted by Crippen LogP contribution is 2.26. The van der Waals surface area contributed by atoms with Crippen LogP contribution in [0.4, 0.5) is 8.78 Å². The Morgan fingerprint density at radius 3 is 2.42 bits per heavy atom. The quantitative estimate of drug-likeness (QED) is 0.822. The van der Waals surface area contributed by atoms with Crippen molar-refractivity contribution in [2.45, 2.75) is 24.5 Å². The molecule has 7 heteroatoms. The highest BCUT2D eigenvalue weighted by molar-refractivity contribution is 5.85. The van der Waals surface area contributed by atoms with Gasteiger partial charge in [-0.15, -0.1) is 0 Å². The second kappa shape index (κ2) is 8.00. The number of amides is 1.